The Morgan fingerprint density at radius 3 is 2.58 bits per heavy atom. The van der Waals surface area contributed by atoms with Gasteiger partial charge >= 0.3 is 5.88 Å². The van der Waals surface area contributed by atoms with Gasteiger partial charge in [0.1, 0.15) is 28.1 Å². The molecule has 10 heteroatoms. The number of benzene rings is 2. The molecule has 0 radical (unpaired) electrons. The Hall–Kier alpha value is -4.60. The zero-order valence-electron chi connectivity index (χ0n) is 15.7. The van der Waals surface area contributed by atoms with Crippen molar-refractivity contribution in [3.05, 3.63) is 87.7 Å². The molecule has 0 aliphatic rings. The molecule has 2 aromatic carbocycles. The van der Waals surface area contributed by atoms with Gasteiger partial charge in [-0.25, -0.2) is 14.4 Å². The largest absolute Gasteiger partial charge is 0.508 e. The normalized spacial score (nSPS) is 11.1. The summed E-state index contributed by atoms with van der Waals surface area (Å²) in [6.45, 7) is 0. The van der Waals surface area contributed by atoms with Crippen molar-refractivity contribution in [1.82, 2.24) is 9.97 Å². The van der Waals surface area contributed by atoms with Crippen molar-refractivity contribution in [2.75, 3.05) is 5.32 Å². The standard InChI is InChI=1S/C21H13FN4O5/c22-13-3-8-17-16(11-13)20(25-21(28)12-1-4-14(27)5-2-12)24-18(23-17)9-6-15-7-10-19(31-15)26(29)30/h1-11,27H,(H,23,24,25,28). The number of hydrogen-bond donors (Lipinski definition) is 2. The number of aromatic nitrogens is 2. The molecule has 0 spiro atoms. The summed E-state index contributed by atoms with van der Waals surface area (Å²) < 4.78 is 18.8. The van der Waals surface area contributed by atoms with Crippen LogP contribution >= 0.6 is 0 Å². The number of aromatic hydroxyl groups is 1. The molecule has 0 saturated heterocycles. The fourth-order valence-corrected chi connectivity index (χ4v) is 2.77. The first kappa shape index (κ1) is 19.7. The Morgan fingerprint density at radius 1 is 1.10 bits per heavy atom. The van der Waals surface area contributed by atoms with E-state index in [9.17, 15) is 24.4 Å². The maximum absolute atomic E-state index is 13.8. The van der Waals surface area contributed by atoms with Crippen LogP contribution in [-0.4, -0.2) is 25.9 Å². The molecule has 0 unspecified atom stereocenters. The first-order valence-corrected chi connectivity index (χ1v) is 8.89. The molecular formula is C21H13FN4O5. The van der Waals surface area contributed by atoms with Crippen LogP contribution in [0.1, 0.15) is 21.9 Å². The van der Waals surface area contributed by atoms with Gasteiger partial charge in [0.05, 0.1) is 11.6 Å². The van der Waals surface area contributed by atoms with Gasteiger partial charge < -0.3 is 14.8 Å². The Labute approximate surface area is 173 Å². The van der Waals surface area contributed by atoms with E-state index in [2.05, 4.69) is 15.3 Å². The number of hydrogen-bond acceptors (Lipinski definition) is 7. The third-order valence-electron chi connectivity index (χ3n) is 4.23. The number of phenols is 1. The van der Waals surface area contributed by atoms with Gasteiger partial charge in [-0.3, -0.25) is 14.9 Å². The van der Waals surface area contributed by atoms with Crippen molar-refractivity contribution in [3.63, 3.8) is 0 Å². The quantitative estimate of drug-likeness (QED) is 0.361. The molecule has 0 saturated carbocycles. The number of anilines is 1. The molecule has 4 aromatic rings. The molecule has 0 bridgehead atoms. The predicted octanol–water partition coefficient (Wildman–Crippen LogP) is 4.40. The Kier molecular flexibility index (Phi) is 5.10. The molecule has 2 heterocycles. The number of nitrogens with zero attached hydrogens (tertiary/aromatic N) is 3. The van der Waals surface area contributed by atoms with E-state index in [1.165, 1.54) is 66.7 Å². The lowest BCUT2D eigenvalue weighted by Crippen LogP contribution is -2.14. The van der Waals surface area contributed by atoms with Gasteiger partial charge in [-0.05, 0) is 60.7 Å². The fraction of sp³-hybridized carbons (Fsp3) is 0. The van der Waals surface area contributed by atoms with Gasteiger partial charge in [0.25, 0.3) is 5.91 Å². The number of carbonyl (C=O) groups is 1. The molecule has 2 N–H and O–H groups in total. The van der Waals surface area contributed by atoms with E-state index in [0.29, 0.717) is 5.52 Å². The minimum Gasteiger partial charge on any atom is -0.508 e. The first-order valence-electron chi connectivity index (χ1n) is 8.89. The number of fused-ring (bicyclic) bond motifs is 1. The van der Waals surface area contributed by atoms with Crippen LogP contribution in [0.2, 0.25) is 0 Å². The van der Waals surface area contributed by atoms with Crippen LogP contribution in [-0.2, 0) is 0 Å². The van der Waals surface area contributed by atoms with Crippen molar-refractivity contribution in [1.29, 1.82) is 0 Å². The smallest absolute Gasteiger partial charge is 0.433 e. The number of rotatable bonds is 5. The summed E-state index contributed by atoms with van der Waals surface area (Å²) in [5.74, 6) is -0.979. The van der Waals surface area contributed by atoms with Gasteiger partial charge in [-0.1, -0.05) is 0 Å². The van der Waals surface area contributed by atoms with Crippen LogP contribution in [0.4, 0.5) is 16.1 Å². The molecular weight excluding hydrogens is 407 g/mol. The SMILES string of the molecule is O=C(Nc1nc(C=Cc2ccc([N+](=O)[O-])o2)nc2ccc(F)cc12)c1ccc(O)cc1. The highest BCUT2D eigenvalue weighted by Crippen LogP contribution is 2.24. The van der Waals surface area contributed by atoms with Crippen LogP contribution in [0.15, 0.2) is 59.0 Å². The average Bonchev–Trinajstić information content (AvgIpc) is 3.22. The highest BCUT2D eigenvalue weighted by Gasteiger charge is 2.13. The number of phenolic OH excluding ortho intramolecular Hbond substituents is 1. The molecule has 0 aliphatic carbocycles. The Morgan fingerprint density at radius 2 is 1.87 bits per heavy atom. The molecule has 9 nitrogen and oxygen atoms in total. The highest BCUT2D eigenvalue weighted by atomic mass is 19.1. The van der Waals surface area contributed by atoms with Gasteiger partial charge in [-0.2, -0.15) is 0 Å². The summed E-state index contributed by atoms with van der Waals surface area (Å²) in [5, 5.41) is 23.0. The van der Waals surface area contributed by atoms with Crippen molar-refractivity contribution in [3.8, 4) is 5.75 Å². The summed E-state index contributed by atoms with van der Waals surface area (Å²) >= 11 is 0. The summed E-state index contributed by atoms with van der Waals surface area (Å²) in [6.07, 6.45) is 2.88. The van der Waals surface area contributed by atoms with Gasteiger partial charge in [-0.15, -0.1) is 0 Å². The minimum absolute atomic E-state index is 0.0108. The predicted molar refractivity (Wildman–Crippen MR) is 110 cm³/mol. The molecule has 4 rings (SSSR count). The third kappa shape index (κ3) is 4.37. The molecule has 2 aromatic heterocycles. The van der Waals surface area contributed by atoms with Gasteiger partial charge in [0.2, 0.25) is 0 Å². The minimum atomic E-state index is -0.657. The lowest BCUT2D eigenvalue weighted by atomic mass is 10.2. The maximum atomic E-state index is 13.8. The number of carbonyl (C=O) groups excluding carboxylic acids is 1. The Balaban J connectivity index is 1.69. The van der Waals surface area contributed by atoms with E-state index in [1.807, 2.05) is 0 Å². The van der Waals surface area contributed by atoms with E-state index in [4.69, 9.17) is 4.42 Å². The molecule has 154 valence electrons. The van der Waals surface area contributed by atoms with E-state index in [0.717, 1.165) is 0 Å². The summed E-state index contributed by atoms with van der Waals surface area (Å²) in [4.78, 5) is 31.2. The van der Waals surface area contributed by atoms with Crippen LogP contribution in [0.25, 0.3) is 23.1 Å². The Bertz CT molecular complexity index is 1330. The first-order chi connectivity index (χ1) is 14.9. The third-order valence-corrected chi connectivity index (χ3v) is 4.23. The van der Waals surface area contributed by atoms with Crippen molar-refractivity contribution < 1.29 is 23.6 Å². The number of furan rings is 1. The number of amides is 1. The zero-order valence-corrected chi connectivity index (χ0v) is 15.7. The second-order valence-electron chi connectivity index (χ2n) is 6.36. The van der Waals surface area contributed by atoms with Crippen LogP contribution in [0.3, 0.4) is 0 Å². The molecule has 0 fully saturated rings. The monoisotopic (exact) mass is 420 g/mol. The highest BCUT2D eigenvalue weighted by molar-refractivity contribution is 6.07. The van der Waals surface area contributed by atoms with Crippen molar-refractivity contribution in [2.45, 2.75) is 0 Å². The van der Waals surface area contributed by atoms with E-state index >= 15 is 0 Å². The van der Waals surface area contributed by atoms with Crippen LogP contribution < -0.4 is 5.32 Å². The lowest BCUT2D eigenvalue weighted by Gasteiger charge is -2.09. The molecule has 0 atom stereocenters. The summed E-state index contributed by atoms with van der Waals surface area (Å²) in [7, 11) is 0. The van der Waals surface area contributed by atoms with Crippen LogP contribution in [0.5, 0.6) is 5.75 Å². The zero-order chi connectivity index (χ0) is 22.0. The van der Waals surface area contributed by atoms with Gasteiger partial charge in [0.15, 0.2) is 5.82 Å². The fourth-order valence-electron chi connectivity index (χ4n) is 2.77. The summed E-state index contributed by atoms with van der Waals surface area (Å²) in [6, 6.07) is 12.1. The van der Waals surface area contributed by atoms with E-state index in [-0.39, 0.29) is 34.1 Å². The molecule has 1 amide bonds. The summed E-state index contributed by atoms with van der Waals surface area (Å²) in [5.41, 5.74) is 0.642. The second-order valence-corrected chi connectivity index (χ2v) is 6.36. The lowest BCUT2D eigenvalue weighted by molar-refractivity contribution is -0.402. The topological polar surface area (TPSA) is 131 Å². The average molecular weight is 420 g/mol. The van der Waals surface area contributed by atoms with Gasteiger partial charge in [0, 0.05) is 10.9 Å². The number of halogens is 1. The van der Waals surface area contributed by atoms with E-state index in [1.54, 1.807) is 0 Å². The van der Waals surface area contributed by atoms with E-state index < -0.39 is 22.5 Å². The van der Waals surface area contributed by atoms with Crippen molar-refractivity contribution in [2.24, 2.45) is 0 Å². The molecule has 0 aliphatic heterocycles. The van der Waals surface area contributed by atoms with Crippen LogP contribution in [0, 0.1) is 15.9 Å². The number of nitrogens with one attached hydrogen (secondary N) is 1. The molecule has 31 heavy (non-hydrogen) atoms. The second kappa shape index (κ2) is 8.03. The number of nitro groups is 1. The van der Waals surface area contributed by atoms with Crippen molar-refractivity contribution >= 4 is 40.7 Å². The maximum Gasteiger partial charge on any atom is 0.433 e.